The minimum atomic E-state index is 0.517. The second-order valence-electron chi connectivity index (χ2n) is 7.17. The van der Waals surface area contributed by atoms with Crippen molar-refractivity contribution in [1.82, 2.24) is 0 Å². The van der Waals surface area contributed by atoms with Gasteiger partial charge in [-0.15, -0.1) is 0 Å². The summed E-state index contributed by atoms with van der Waals surface area (Å²) in [6.07, 6.45) is 7.21. The molecule has 0 radical (unpaired) electrons. The van der Waals surface area contributed by atoms with Crippen molar-refractivity contribution < 1.29 is 0 Å². The van der Waals surface area contributed by atoms with Crippen molar-refractivity contribution >= 4 is 0 Å². The molecule has 0 saturated heterocycles. The van der Waals surface area contributed by atoms with Crippen molar-refractivity contribution in [3.05, 3.63) is 11.1 Å². The third-order valence-electron chi connectivity index (χ3n) is 5.54. The van der Waals surface area contributed by atoms with Gasteiger partial charge in [-0.2, -0.15) is 0 Å². The van der Waals surface area contributed by atoms with Crippen LogP contribution in [0.1, 0.15) is 59.8 Å². The van der Waals surface area contributed by atoms with Gasteiger partial charge in [-0.25, -0.2) is 0 Å². The Kier molecular flexibility index (Phi) is 1.79. The third kappa shape index (κ3) is 1.14. The molecular formula is C15H24. The van der Waals surface area contributed by atoms with Crippen LogP contribution in [0.15, 0.2) is 11.1 Å². The molecule has 0 bridgehead atoms. The quantitative estimate of drug-likeness (QED) is 0.507. The summed E-state index contributed by atoms with van der Waals surface area (Å²) in [5.41, 5.74) is 4.90. The first-order valence-corrected chi connectivity index (χ1v) is 6.68. The highest BCUT2D eigenvalue weighted by Crippen LogP contribution is 2.66. The van der Waals surface area contributed by atoms with Crippen molar-refractivity contribution in [2.45, 2.75) is 59.8 Å². The highest BCUT2D eigenvalue weighted by atomic mass is 14.6. The Morgan fingerprint density at radius 3 is 2.60 bits per heavy atom. The lowest BCUT2D eigenvalue weighted by Gasteiger charge is -2.32. The normalized spacial score (nSPS) is 47.2. The molecule has 0 aliphatic heterocycles. The number of hydrogen-bond acceptors (Lipinski definition) is 0. The monoisotopic (exact) mass is 204 g/mol. The van der Waals surface area contributed by atoms with Gasteiger partial charge in [-0.05, 0) is 54.8 Å². The molecule has 0 heterocycles. The summed E-state index contributed by atoms with van der Waals surface area (Å²) in [5, 5.41) is 0. The van der Waals surface area contributed by atoms with Gasteiger partial charge >= 0.3 is 0 Å². The van der Waals surface area contributed by atoms with E-state index in [-0.39, 0.29) is 0 Å². The standard InChI is InChI=1S/C15H24/c1-10-5-6-12-13-11(10)7-8-15(13,4)9-14(12,2)3/h10-11H,5-9H2,1-4H3. The summed E-state index contributed by atoms with van der Waals surface area (Å²) >= 11 is 0. The van der Waals surface area contributed by atoms with E-state index in [4.69, 9.17) is 0 Å². The predicted molar refractivity (Wildman–Crippen MR) is 64.7 cm³/mol. The van der Waals surface area contributed by atoms with E-state index in [1.54, 1.807) is 0 Å². The molecule has 3 atom stereocenters. The summed E-state index contributed by atoms with van der Waals surface area (Å²) in [4.78, 5) is 0. The van der Waals surface area contributed by atoms with Crippen molar-refractivity contribution in [2.24, 2.45) is 22.7 Å². The fraction of sp³-hybridized carbons (Fsp3) is 0.867. The van der Waals surface area contributed by atoms with Crippen LogP contribution in [-0.2, 0) is 0 Å². The molecule has 0 N–H and O–H groups in total. The van der Waals surface area contributed by atoms with Crippen LogP contribution in [0.3, 0.4) is 0 Å². The fourth-order valence-electron chi connectivity index (χ4n) is 5.03. The molecule has 3 aliphatic rings. The van der Waals surface area contributed by atoms with Crippen LogP contribution >= 0.6 is 0 Å². The van der Waals surface area contributed by atoms with E-state index in [9.17, 15) is 0 Å². The van der Waals surface area contributed by atoms with Crippen LogP contribution in [0.2, 0.25) is 0 Å². The Morgan fingerprint density at radius 2 is 1.87 bits per heavy atom. The van der Waals surface area contributed by atoms with Gasteiger partial charge in [0, 0.05) is 0 Å². The van der Waals surface area contributed by atoms with Crippen molar-refractivity contribution in [1.29, 1.82) is 0 Å². The molecule has 0 heteroatoms. The zero-order chi connectivity index (χ0) is 10.8. The number of hydrogen-bond donors (Lipinski definition) is 0. The lowest BCUT2D eigenvalue weighted by Crippen LogP contribution is -2.20. The molecule has 1 saturated carbocycles. The van der Waals surface area contributed by atoms with E-state index >= 15 is 0 Å². The summed E-state index contributed by atoms with van der Waals surface area (Å²) in [6, 6.07) is 0. The topological polar surface area (TPSA) is 0 Å². The Labute approximate surface area is 94.1 Å². The van der Waals surface area contributed by atoms with E-state index in [0.717, 1.165) is 11.8 Å². The van der Waals surface area contributed by atoms with Crippen LogP contribution < -0.4 is 0 Å². The van der Waals surface area contributed by atoms with Gasteiger partial charge in [0.2, 0.25) is 0 Å². The second-order valence-corrected chi connectivity index (χ2v) is 7.17. The van der Waals surface area contributed by atoms with Crippen molar-refractivity contribution in [3.8, 4) is 0 Å². The average molecular weight is 204 g/mol. The van der Waals surface area contributed by atoms with E-state index in [2.05, 4.69) is 27.7 Å². The van der Waals surface area contributed by atoms with Gasteiger partial charge < -0.3 is 0 Å². The van der Waals surface area contributed by atoms with Crippen LogP contribution in [0.4, 0.5) is 0 Å². The lowest BCUT2D eigenvalue weighted by atomic mass is 9.73. The molecule has 0 aromatic rings. The van der Waals surface area contributed by atoms with E-state index in [1.807, 2.05) is 11.1 Å². The number of allylic oxidation sites excluding steroid dienone is 2. The lowest BCUT2D eigenvalue weighted by molar-refractivity contribution is 0.284. The summed E-state index contributed by atoms with van der Waals surface area (Å²) in [5.74, 6) is 1.92. The van der Waals surface area contributed by atoms with Crippen molar-refractivity contribution in [3.63, 3.8) is 0 Å². The SMILES string of the molecule is CC1CCC2=C3C1CCC3(C)CC2(C)C. The van der Waals surface area contributed by atoms with Gasteiger partial charge in [0.05, 0.1) is 0 Å². The Bertz CT molecular complexity index is 334. The molecule has 3 aliphatic carbocycles. The molecule has 0 spiro atoms. The predicted octanol–water partition coefficient (Wildman–Crippen LogP) is 4.56. The van der Waals surface area contributed by atoms with Crippen LogP contribution in [0.5, 0.6) is 0 Å². The summed E-state index contributed by atoms with van der Waals surface area (Å²) in [7, 11) is 0. The molecule has 84 valence electrons. The molecular weight excluding hydrogens is 180 g/mol. The Morgan fingerprint density at radius 1 is 1.13 bits per heavy atom. The van der Waals surface area contributed by atoms with Crippen molar-refractivity contribution in [2.75, 3.05) is 0 Å². The van der Waals surface area contributed by atoms with Gasteiger partial charge in [0.1, 0.15) is 0 Å². The molecule has 0 nitrogen and oxygen atoms in total. The molecule has 0 aromatic carbocycles. The minimum Gasteiger partial charge on any atom is -0.0645 e. The minimum absolute atomic E-state index is 0.517. The first kappa shape index (κ1) is 9.93. The zero-order valence-electron chi connectivity index (χ0n) is 10.7. The largest absolute Gasteiger partial charge is 0.0645 e. The summed E-state index contributed by atoms with van der Waals surface area (Å²) in [6.45, 7) is 9.97. The number of rotatable bonds is 0. The molecule has 0 aromatic heterocycles. The zero-order valence-corrected chi connectivity index (χ0v) is 10.7. The van der Waals surface area contributed by atoms with Crippen LogP contribution in [0, 0.1) is 22.7 Å². The molecule has 1 fully saturated rings. The highest BCUT2D eigenvalue weighted by Gasteiger charge is 2.54. The van der Waals surface area contributed by atoms with Gasteiger partial charge in [-0.3, -0.25) is 0 Å². The Hall–Kier alpha value is -0.260. The average Bonchev–Trinajstić information content (AvgIpc) is 2.53. The first-order valence-electron chi connectivity index (χ1n) is 6.68. The van der Waals surface area contributed by atoms with E-state index in [1.165, 1.54) is 32.1 Å². The molecule has 3 rings (SSSR count). The van der Waals surface area contributed by atoms with E-state index in [0.29, 0.717) is 10.8 Å². The van der Waals surface area contributed by atoms with Crippen LogP contribution in [-0.4, -0.2) is 0 Å². The fourth-order valence-corrected chi connectivity index (χ4v) is 5.03. The molecule has 0 amide bonds. The first-order chi connectivity index (χ1) is 6.94. The Balaban J connectivity index is 2.14. The van der Waals surface area contributed by atoms with Crippen LogP contribution in [0.25, 0.3) is 0 Å². The third-order valence-corrected chi connectivity index (χ3v) is 5.54. The van der Waals surface area contributed by atoms with Gasteiger partial charge in [-0.1, -0.05) is 38.8 Å². The molecule has 3 unspecified atom stereocenters. The summed E-state index contributed by atoms with van der Waals surface area (Å²) < 4.78 is 0. The van der Waals surface area contributed by atoms with Gasteiger partial charge in [0.25, 0.3) is 0 Å². The van der Waals surface area contributed by atoms with E-state index < -0.39 is 0 Å². The maximum Gasteiger partial charge on any atom is -0.0102 e. The second kappa shape index (κ2) is 2.70. The maximum absolute atomic E-state index is 2.54. The van der Waals surface area contributed by atoms with Gasteiger partial charge in [0.15, 0.2) is 0 Å². The smallest absolute Gasteiger partial charge is 0.0102 e. The highest BCUT2D eigenvalue weighted by molar-refractivity contribution is 5.40. The maximum atomic E-state index is 2.54. The molecule has 15 heavy (non-hydrogen) atoms.